The minimum Gasteiger partial charge on any atom is -0.483 e. The third kappa shape index (κ3) is 10.7. The Hall–Kier alpha value is -1.35. The molecule has 0 bridgehead atoms. The van der Waals surface area contributed by atoms with Crippen LogP contribution in [-0.2, 0) is 9.53 Å². The van der Waals surface area contributed by atoms with E-state index in [1.54, 1.807) is 0 Å². The Labute approximate surface area is 78.0 Å². The van der Waals surface area contributed by atoms with E-state index in [1.807, 2.05) is 36.4 Å². The van der Waals surface area contributed by atoms with Gasteiger partial charge in [-0.2, -0.15) is 0 Å². The van der Waals surface area contributed by atoms with Crippen molar-refractivity contribution in [3.8, 4) is 0 Å². The van der Waals surface area contributed by atoms with Gasteiger partial charge < -0.3 is 9.84 Å². The van der Waals surface area contributed by atoms with E-state index in [9.17, 15) is 0 Å². The first-order valence-corrected chi connectivity index (χ1v) is 4.07. The predicted molar refractivity (Wildman–Crippen MR) is 50.6 cm³/mol. The van der Waals surface area contributed by atoms with Crippen LogP contribution in [0.4, 0.5) is 0 Å². The lowest BCUT2D eigenvalue weighted by atomic mass is 10.4. The highest BCUT2D eigenvalue weighted by atomic mass is 16.5. The summed E-state index contributed by atoms with van der Waals surface area (Å²) in [6.45, 7) is 1.75. The summed E-state index contributed by atoms with van der Waals surface area (Å²) in [4.78, 5) is 8.36. The average molecular weight is 182 g/mol. The maximum absolute atomic E-state index is 8.36. The van der Waals surface area contributed by atoms with E-state index in [4.69, 9.17) is 14.6 Å². The molecule has 0 aliphatic carbocycles. The molecule has 1 aliphatic heterocycles. The van der Waals surface area contributed by atoms with Crippen LogP contribution in [0.25, 0.3) is 0 Å². The fourth-order valence-corrected chi connectivity index (χ4v) is 0.529. The van der Waals surface area contributed by atoms with Gasteiger partial charge in [0.15, 0.2) is 0 Å². The highest BCUT2D eigenvalue weighted by Crippen LogP contribution is 1.93. The number of carboxylic acid groups (broad SMARTS) is 1. The van der Waals surface area contributed by atoms with E-state index in [2.05, 4.69) is 0 Å². The first-order valence-electron chi connectivity index (χ1n) is 4.07. The number of ether oxygens (including phenoxy) is 1. The Morgan fingerprint density at radius 2 is 1.15 bits per heavy atom. The van der Waals surface area contributed by atoms with E-state index < -0.39 is 0 Å². The smallest absolute Gasteiger partial charge is 0.290 e. The lowest BCUT2D eigenvalue weighted by molar-refractivity contribution is -0.122. The summed E-state index contributed by atoms with van der Waals surface area (Å²) in [6, 6.07) is 12.0. The Morgan fingerprint density at radius 1 is 1.00 bits per heavy atom. The number of hydrogen-bond acceptors (Lipinski definition) is 2. The van der Waals surface area contributed by atoms with E-state index in [0.717, 1.165) is 13.2 Å². The normalized spacial score (nSPS) is 12.0. The number of rotatable bonds is 0. The van der Waals surface area contributed by atoms with Crippen LogP contribution in [0.1, 0.15) is 6.42 Å². The summed E-state index contributed by atoms with van der Waals surface area (Å²) in [6.07, 6.45) is 1.28. The van der Waals surface area contributed by atoms with Gasteiger partial charge in [0.25, 0.3) is 6.47 Å². The third-order valence-corrected chi connectivity index (χ3v) is 1.24. The standard InChI is InChI=1S/C6H6.C3H6O.CH2O2/c1-2-4-6-5-3-1;1-2-4-3-1;2-1-3/h1-6H;1-3H2;1H,(H,2,3). The molecule has 1 aromatic rings. The van der Waals surface area contributed by atoms with Gasteiger partial charge in [0.1, 0.15) is 0 Å². The van der Waals surface area contributed by atoms with Gasteiger partial charge in [-0.25, -0.2) is 0 Å². The highest BCUT2D eigenvalue weighted by Gasteiger charge is 1.94. The first kappa shape index (κ1) is 11.6. The minimum atomic E-state index is -0.250. The Kier molecular flexibility index (Phi) is 9.54. The third-order valence-electron chi connectivity index (χ3n) is 1.24. The quantitative estimate of drug-likeness (QED) is 0.622. The molecule has 1 fully saturated rings. The molecule has 0 radical (unpaired) electrons. The van der Waals surface area contributed by atoms with Crippen molar-refractivity contribution in [1.29, 1.82) is 0 Å². The van der Waals surface area contributed by atoms with Crippen molar-refractivity contribution < 1.29 is 14.6 Å². The zero-order chi connectivity index (χ0) is 9.78. The number of carbonyl (C=O) groups is 1. The summed E-state index contributed by atoms with van der Waals surface area (Å²) in [7, 11) is 0. The molecule has 1 aromatic carbocycles. The molecule has 3 heteroatoms. The second-order valence-corrected chi connectivity index (χ2v) is 2.23. The highest BCUT2D eigenvalue weighted by molar-refractivity contribution is 5.32. The molecule has 0 saturated carbocycles. The van der Waals surface area contributed by atoms with Crippen molar-refractivity contribution in [3.63, 3.8) is 0 Å². The molecule has 0 amide bonds. The number of benzene rings is 1. The fraction of sp³-hybridized carbons (Fsp3) is 0.300. The van der Waals surface area contributed by atoms with E-state index in [-0.39, 0.29) is 6.47 Å². The Morgan fingerprint density at radius 3 is 1.23 bits per heavy atom. The maximum Gasteiger partial charge on any atom is 0.290 e. The van der Waals surface area contributed by atoms with Crippen LogP contribution in [0.15, 0.2) is 36.4 Å². The van der Waals surface area contributed by atoms with Crippen molar-refractivity contribution in [2.24, 2.45) is 0 Å². The van der Waals surface area contributed by atoms with Crippen LogP contribution in [0.3, 0.4) is 0 Å². The Bertz CT molecular complexity index is 152. The maximum atomic E-state index is 8.36. The lowest BCUT2D eigenvalue weighted by Gasteiger charge is -2.09. The zero-order valence-electron chi connectivity index (χ0n) is 7.43. The SMILES string of the molecule is C1COC1.O=CO.c1ccccc1. The molecule has 1 aliphatic rings. The van der Waals surface area contributed by atoms with Gasteiger partial charge in [-0.15, -0.1) is 0 Å². The summed E-state index contributed by atoms with van der Waals surface area (Å²) in [5.74, 6) is 0. The zero-order valence-corrected chi connectivity index (χ0v) is 7.43. The summed E-state index contributed by atoms with van der Waals surface area (Å²) in [5.41, 5.74) is 0. The molecular formula is C10H14O3. The van der Waals surface area contributed by atoms with Gasteiger partial charge in [-0.1, -0.05) is 36.4 Å². The van der Waals surface area contributed by atoms with E-state index in [0.29, 0.717) is 0 Å². The molecule has 1 heterocycles. The average Bonchev–Trinajstić information content (AvgIpc) is 2.06. The topological polar surface area (TPSA) is 46.5 Å². The van der Waals surface area contributed by atoms with Gasteiger partial charge in [-0.3, -0.25) is 4.79 Å². The monoisotopic (exact) mass is 182 g/mol. The van der Waals surface area contributed by atoms with Gasteiger partial charge in [0.2, 0.25) is 0 Å². The summed E-state index contributed by atoms with van der Waals surface area (Å²) >= 11 is 0. The van der Waals surface area contributed by atoms with Crippen LogP contribution in [-0.4, -0.2) is 24.8 Å². The molecule has 0 aromatic heterocycles. The van der Waals surface area contributed by atoms with Crippen molar-refractivity contribution in [2.75, 3.05) is 13.2 Å². The van der Waals surface area contributed by atoms with Crippen LogP contribution in [0.5, 0.6) is 0 Å². The first-order chi connectivity index (χ1) is 6.41. The molecule has 1 N–H and O–H groups in total. The second-order valence-electron chi connectivity index (χ2n) is 2.23. The molecule has 0 spiro atoms. The minimum absolute atomic E-state index is 0.250. The second kappa shape index (κ2) is 10.7. The van der Waals surface area contributed by atoms with E-state index in [1.165, 1.54) is 6.42 Å². The van der Waals surface area contributed by atoms with Gasteiger partial charge in [0.05, 0.1) is 0 Å². The molecule has 1 saturated heterocycles. The van der Waals surface area contributed by atoms with E-state index >= 15 is 0 Å². The molecule has 3 nitrogen and oxygen atoms in total. The largest absolute Gasteiger partial charge is 0.483 e. The van der Waals surface area contributed by atoms with Crippen molar-refractivity contribution in [2.45, 2.75) is 6.42 Å². The van der Waals surface area contributed by atoms with Crippen molar-refractivity contribution >= 4 is 6.47 Å². The summed E-state index contributed by atoms with van der Waals surface area (Å²) in [5, 5.41) is 6.89. The Balaban J connectivity index is 0.000000180. The summed E-state index contributed by atoms with van der Waals surface area (Å²) < 4.78 is 4.72. The predicted octanol–water partition coefficient (Wildman–Crippen LogP) is 1.79. The fourth-order valence-electron chi connectivity index (χ4n) is 0.529. The van der Waals surface area contributed by atoms with Gasteiger partial charge in [-0.05, 0) is 6.42 Å². The molecule has 72 valence electrons. The molecular weight excluding hydrogens is 168 g/mol. The van der Waals surface area contributed by atoms with Crippen LogP contribution in [0.2, 0.25) is 0 Å². The van der Waals surface area contributed by atoms with Crippen molar-refractivity contribution in [3.05, 3.63) is 36.4 Å². The molecule has 2 rings (SSSR count). The molecule has 13 heavy (non-hydrogen) atoms. The van der Waals surface area contributed by atoms with Crippen LogP contribution < -0.4 is 0 Å². The van der Waals surface area contributed by atoms with Crippen LogP contribution >= 0.6 is 0 Å². The molecule has 0 unspecified atom stereocenters. The van der Waals surface area contributed by atoms with Crippen molar-refractivity contribution in [1.82, 2.24) is 0 Å². The number of hydrogen-bond donors (Lipinski definition) is 1. The van der Waals surface area contributed by atoms with Gasteiger partial charge >= 0.3 is 0 Å². The molecule has 0 atom stereocenters. The lowest BCUT2D eigenvalue weighted by Crippen LogP contribution is -2.09. The van der Waals surface area contributed by atoms with Crippen LogP contribution in [0, 0.1) is 0 Å². The van der Waals surface area contributed by atoms with Gasteiger partial charge in [0, 0.05) is 13.2 Å².